The number of nitrogen functional groups attached to an aromatic ring is 1. The second kappa shape index (κ2) is 6.06. The Balaban J connectivity index is 2.82. The lowest BCUT2D eigenvalue weighted by atomic mass is 10.2. The third-order valence-corrected chi connectivity index (χ3v) is 4.56. The molecule has 0 saturated heterocycles. The molecule has 0 heterocycles. The highest BCUT2D eigenvalue weighted by molar-refractivity contribution is 7.91. The molecule has 19 heavy (non-hydrogen) atoms. The van der Waals surface area contributed by atoms with Gasteiger partial charge in [0.1, 0.15) is 0 Å². The van der Waals surface area contributed by atoms with Gasteiger partial charge in [-0.25, -0.2) is 8.42 Å². The van der Waals surface area contributed by atoms with Crippen LogP contribution in [0.3, 0.4) is 0 Å². The van der Waals surface area contributed by atoms with Crippen LogP contribution < -0.4 is 11.1 Å². The molecule has 0 aliphatic heterocycles. The summed E-state index contributed by atoms with van der Waals surface area (Å²) in [4.78, 5) is 11.7. The molecule has 1 aromatic rings. The smallest absolute Gasteiger partial charge is 0.221 e. The van der Waals surface area contributed by atoms with E-state index in [1.54, 1.807) is 19.1 Å². The van der Waals surface area contributed by atoms with Gasteiger partial charge in [-0.1, -0.05) is 6.07 Å². The molecule has 3 N–H and O–H groups in total. The molecule has 6 heteroatoms. The maximum Gasteiger partial charge on any atom is 0.221 e. The lowest BCUT2D eigenvalue weighted by molar-refractivity contribution is -0.121. The minimum atomic E-state index is -3.49. The number of anilines is 1. The third kappa shape index (κ3) is 4.24. The van der Waals surface area contributed by atoms with Crippen LogP contribution in [0.1, 0.15) is 25.8 Å². The molecule has 0 radical (unpaired) electrons. The minimum Gasteiger partial charge on any atom is -0.398 e. The Labute approximate surface area is 114 Å². The summed E-state index contributed by atoms with van der Waals surface area (Å²) in [5.74, 6) is -0.476. The van der Waals surface area contributed by atoms with Crippen molar-refractivity contribution in [3.63, 3.8) is 0 Å². The molecule has 0 atom stereocenters. The Bertz CT molecular complexity index is 565. The first-order chi connectivity index (χ1) is 8.74. The molecule has 1 amide bonds. The molecule has 5 nitrogen and oxygen atoms in total. The third-order valence-electron chi connectivity index (χ3n) is 2.71. The van der Waals surface area contributed by atoms with Crippen LogP contribution in [-0.2, 0) is 14.6 Å². The standard InChI is InChI=1S/C13H20N2O3S/c1-9(2)15-13(16)7-8-19(17,18)12-6-4-5-11(14)10(12)3/h4-6,9H,7-8,14H2,1-3H3,(H,15,16). The van der Waals surface area contributed by atoms with Gasteiger partial charge in [0.25, 0.3) is 0 Å². The summed E-state index contributed by atoms with van der Waals surface area (Å²) in [5, 5.41) is 2.66. The number of amides is 1. The molecule has 0 aromatic heterocycles. The number of carbonyl (C=O) groups is 1. The van der Waals surface area contributed by atoms with E-state index in [9.17, 15) is 13.2 Å². The van der Waals surface area contributed by atoms with Gasteiger partial charge in [0.15, 0.2) is 9.84 Å². The summed E-state index contributed by atoms with van der Waals surface area (Å²) in [5.41, 5.74) is 6.67. The van der Waals surface area contributed by atoms with Crippen molar-refractivity contribution in [2.24, 2.45) is 0 Å². The van der Waals surface area contributed by atoms with Gasteiger partial charge in [-0.15, -0.1) is 0 Å². The molecule has 0 saturated carbocycles. The quantitative estimate of drug-likeness (QED) is 0.797. The van der Waals surface area contributed by atoms with Crippen LogP contribution >= 0.6 is 0 Å². The number of sulfone groups is 1. The zero-order chi connectivity index (χ0) is 14.6. The Morgan fingerprint density at radius 2 is 2.00 bits per heavy atom. The van der Waals surface area contributed by atoms with Gasteiger partial charge < -0.3 is 11.1 Å². The first kappa shape index (κ1) is 15.5. The van der Waals surface area contributed by atoms with Crippen molar-refractivity contribution in [3.8, 4) is 0 Å². The van der Waals surface area contributed by atoms with Crippen LogP contribution in [0.5, 0.6) is 0 Å². The van der Waals surface area contributed by atoms with Crippen molar-refractivity contribution in [3.05, 3.63) is 23.8 Å². The maximum atomic E-state index is 12.2. The van der Waals surface area contributed by atoms with E-state index in [0.717, 1.165) is 0 Å². The topological polar surface area (TPSA) is 89.3 Å². The molecule has 0 aliphatic rings. The minimum absolute atomic E-state index is 0.00399. The largest absolute Gasteiger partial charge is 0.398 e. The number of carbonyl (C=O) groups excluding carboxylic acids is 1. The highest BCUT2D eigenvalue weighted by Crippen LogP contribution is 2.21. The number of rotatable bonds is 5. The summed E-state index contributed by atoms with van der Waals surface area (Å²) in [7, 11) is -3.49. The predicted octanol–water partition coefficient (Wildman–Crippen LogP) is 1.27. The van der Waals surface area contributed by atoms with E-state index < -0.39 is 9.84 Å². The van der Waals surface area contributed by atoms with E-state index in [2.05, 4.69) is 5.32 Å². The van der Waals surface area contributed by atoms with Gasteiger partial charge in [0, 0.05) is 18.2 Å². The lowest BCUT2D eigenvalue weighted by Crippen LogP contribution is -2.31. The van der Waals surface area contributed by atoms with Crippen molar-refractivity contribution in [2.75, 3.05) is 11.5 Å². The van der Waals surface area contributed by atoms with E-state index in [4.69, 9.17) is 5.73 Å². The normalized spacial score (nSPS) is 11.6. The highest BCUT2D eigenvalue weighted by atomic mass is 32.2. The van der Waals surface area contributed by atoms with E-state index in [1.807, 2.05) is 13.8 Å². The van der Waals surface area contributed by atoms with Gasteiger partial charge in [-0.2, -0.15) is 0 Å². The summed E-state index contributed by atoms with van der Waals surface area (Å²) in [6, 6.07) is 4.77. The van der Waals surface area contributed by atoms with E-state index in [1.165, 1.54) is 6.07 Å². The van der Waals surface area contributed by atoms with Gasteiger partial charge in [0.2, 0.25) is 5.91 Å². The average molecular weight is 284 g/mol. The van der Waals surface area contributed by atoms with Crippen LogP contribution in [0.25, 0.3) is 0 Å². The Hall–Kier alpha value is -1.56. The fraction of sp³-hybridized carbons (Fsp3) is 0.462. The molecule has 0 fully saturated rings. The second-order valence-corrected chi connectivity index (χ2v) is 6.84. The first-order valence-electron chi connectivity index (χ1n) is 6.11. The molecule has 1 aromatic carbocycles. The monoisotopic (exact) mass is 284 g/mol. The van der Waals surface area contributed by atoms with Gasteiger partial charge in [0.05, 0.1) is 10.6 Å². The molecular formula is C13H20N2O3S. The number of nitrogens with two attached hydrogens (primary N) is 1. The molecule has 0 bridgehead atoms. The number of hydrogen-bond acceptors (Lipinski definition) is 4. The number of hydrogen-bond donors (Lipinski definition) is 2. The second-order valence-electron chi connectivity index (χ2n) is 4.76. The molecule has 0 spiro atoms. The maximum absolute atomic E-state index is 12.2. The Morgan fingerprint density at radius 3 is 2.58 bits per heavy atom. The van der Waals surface area contributed by atoms with E-state index in [-0.39, 0.29) is 29.0 Å². The van der Waals surface area contributed by atoms with Crippen LogP contribution in [-0.4, -0.2) is 26.1 Å². The first-order valence-corrected chi connectivity index (χ1v) is 7.76. The van der Waals surface area contributed by atoms with Crippen LogP contribution in [0.4, 0.5) is 5.69 Å². The zero-order valence-electron chi connectivity index (χ0n) is 11.4. The van der Waals surface area contributed by atoms with E-state index in [0.29, 0.717) is 11.3 Å². The van der Waals surface area contributed by atoms with E-state index >= 15 is 0 Å². The van der Waals surface area contributed by atoms with Crippen LogP contribution in [0.15, 0.2) is 23.1 Å². The van der Waals surface area contributed by atoms with Gasteiger partial charge >= 0.3 is 0 Å². The summed E-state index contributed by atoms with van der Waals surface area (Å²) >= 11 is 0. The van der Waals surface area contributed by atoms with Crippen LogP contribution in [0.2, 0.25) is 0 Å². The van der Waals surface area contributed by atoms with Gasteiger partial charge in [-0.05, 0) is 38.5 Å². The molecule has 1 rings (SSSR count). The fourth-order valence-corrected chi connectivity index (χ4v) is 3.24. The van der Waals surface area contributed by atoms with Gasteiger partial charge in [-0.3, -0.25) is 4.79 Å². The average Bonchev–Trinajstić information content (AvgIpc) is 2.29. The van der Waals surface area contributed by atoms with Crippen molar-refractivity contribution in [1.82, 2.24) is 5.32 Å². The lowest BCUT2D eigenvalue weighted by Gasteiger charge is -2.11. The van der Waals surface area contributed by atoms with Crippen molar-refractivity contribution >= 4 is 21.4 Å². The molecule has 0 unspecified atom stereocenters. The molecule has 0 aliphatic carbocycles. The molecular weight excluding hydrogens is 264 g/mol. The Morgan fingerprint density at radius 1 is 1.37 bits per heavy atom. The van der Waals surface area contributed by atoms with Crippen LogP contribution in [0, 0.1) is 6.92 Å². The SMILES string of the molecule is Cc1c(N)cccc1S(=O)(=O)CCC(=O)NC(C)C. The molecule has 106 valence electrons. The Kier molecular flexibility index (Phi) is 4.94. The van der Waals surface area contributed by atoms with Crippen molar-refractivity contribution < 1.29 is 13.2 Å². The van der Waals surface area contributed by atoms with Crippen molar-refractivity contribution in [1.29, 1.82) is 0 Å². The predicted molar refractivity (Wildman–Crippen MR) is 75.5 cm³/mol. The summed E-state index contributed by atoms with van der Waals surface area (Å²) < 4.78 is 24.3. The fourth-order valence-electron chi connectivity index (χ4n) is 1.70. The van der Waals surface area contributed by atoms with Crippen molar-refractivity contribution in [2.45, 2.75) is 38.1 Å². The summed E-state index contributed by atoms with van der Waals surface area (Å²) in [6.45, 7) is 5.32. The zero-order valence-corrected chi connectivity index (χ0v) is 12.3. The summed E-state index contributed by atoms with van der Waals surface area (Å²) in [6.07, 6.45) is -0.0469. The highest BCUT2D eigenvalue weighted by Gasteiger charge is 2.19. The number of nitrogens with one attached hydrogen (secondary N) is 1. The number of benzene rings is 1.